The van der Waals surface area contributed by atoms with Crippen LogP contribution in [0.1, 0.15) is 16.2 Å². The minimum atomic E-state index is -0.210. The molecule has 3 N–H and O–H groups in total. The molecule has 1 heterocycles. The van der Waals surface area contributed by atoms with Gasteiger partial charge in [0.2, 0.25) is 0 Å². The summed E-state index contributed by atoms with van der Waals surface area (Å²) in [5.74, 6) is 0.938. The molecule has 1 aromatic heterocycles. The van der Waals surface area contributed by atoms with Gasteiger partial charge in [0.05, 0.1) is 12.7 Å². The number of carbonyl (C=O) groups is 1. The molecule has 7 heteroatoms. The van der Waals surface area contributed by atoms with E-state index in [1.807, 2.05) is 0 Å². The summed E-state index contributed by atoms with van der Waals surface area (Å²) in [7, 11) is 3.30. The second-order valence-corrected chi connectivity index (χ2v) is 4.30. The van der Waals surface area contributed by atoms with Crippen molar-refractivity contribution in [3.63, 3.8) is 0 Å². The Kier molecular flexibility index (Phi) is 4.19. The molecule has 2 aromatic rings. The molecular weight excluding hydrogens is 258 g/mol. The average molecular weight is 275 g/mol. The van der Waals surface area contributed by atoms with Crippen molar-refractivity contribution in [1.29, 1.82) is 0 Å². The molecule has 0 saturated carbocycles. The van der Waals surface area contributed by atoms with Gasteiger partial charge in [-0.2, -0.15) is 5.10 Å². The van der Waals surface area contributed by atoms with E-state index in [1.54, 1.807) is 36.3 Å². The summed E-state index contributed by atoms with van der Waals surface area (Å²) >= 11 is 0. The van der Waals surface area contributed by atoms with E-state index < -0.39 is 0 Å². The number of hydrogen-bond acceptors (Lipinski definition) is 5. The zero-order valence-corrected chi connectivity index (χ0v) is 11.5. The van der Waals surface area contributed by atoms with E-state index >= 15 is 0 Å². The summed E-state index contributed by atoms with van der Waals surface area (Å²) in [6, 6.07) is 4.93. The van der Waals surface area contributed by atoms with Crippen LogP contribution in [0.3, 0.4) is 0 Å². The van der Waals surface area contributed by atoms with Gasteiger partial charge in [-0.25, -0.2) is 4.98 Å². The van der Waals surface area contributed by atoms with Gasteiger partial charge in [-0.05, 0) is 12.1 Å². The number of aromatic nitrogens is 3. The number of amides is 1. The maximum absolute atomic E-state index is 12.1. The Morgan fingerprint density at radius 2 is 2.30 bits per heavy atom. The molecule has 0 bridgehead atoms. The second kappa shape index (κ2) is 6.05. The first-order valence-corrected chi connectivity index (χ1v) is 6.16. The maximum Gasteiger partial charge on any atom is 0.255 e. The number of carbonyl (C=O) groups excluding carboxylic acids is 1. The molecule has 7 nitrogen and oxygen atoms in total. The molecule has 0 atom stereocenters. The lowest BCUT2D eigenvalue weighted by atomic mass is 10.1. The quantitative estimate of drug-likeness (QED) is 0.769. The Balaban J connectivity index is 1.95. The monoisotopic (exact) mass is 275 g/mol. The molecule has 1 amide bonds. The molecular formula is C13H17N5O2. The summed E-state index contributed by atoms with van der Waals surface area (Å²) in [6.07, 6.45) is 2.20. The number of ether oxygens (including phenoxy) is 1. The maximum atomic E-state index is 12.1. The van der Waals surface area contributed by atoms with E-state index in [-0.39, 0.29) is 5.91 Å². The van der Waals surface area contributed by atoms with Gasteiger partial charge < -0.3 is 15.8 Å². The van der Waals surface area contributed by atoms with Crippen LogP contribution in [0.4, 0.5) is 5.69 Å². The molecule has 0 aliphatic carbocycles. The van der Waals surface area contributed by atoms with Crippen molar-refractivity contribution < 1.29 is 9.53 Å². The van der Waals surface area contributed by atoms with Crippen molar-refractivity contribution in [1.82, 2.24) is 20.1 Å². The molecule has 0 unspecified atom stereocenters. The van der Waals surface area contributed by atoms with Crippen LogP contribution >= 0.6 is 0 Å². The number of methoxy groups -OCH3 is 1. The van der Waals surface area contributed by atoms with Gasteiger partial charge >= 0.3 is 0 Å². The number of anilines is 1. The van der Waals surface area contributed by atoms with E-state index in [1.165, 1.54) is 7.11 Å². The van der Waals surface area contributed by atoms with Crippen LogP contribution in [0.15, 0.2) is 24.5 Å². The minimum absolute atomic E-state index is 0.210. The van der Waals surface area contributed by atoms with Gasteiger partial charge in [-0.15, -0.1) is 0 Å². The number of nitrogens with two attached hydrogens (primary N) is 1. The Morgan fingerprint density at radius 1 is 1.50 bits per heavy atom. The van der Waals surface area contributed by atoms with Gasteiger partial charge in [0.1, 0.15) is 12.1 Å². The molecule has 0 spiro atoms. The summed E-state index contributed by atoms with van der Waals surface area (Å²) in [6.45, 7) is 0.455. The van der Waals surface area contributed by atoms with Gasteiger partial charge in [-0.1, -0.05) is 0 Å². The summed E-state index contributed by atoms with van der Waals surface area (Å²) < 4.78 is 6.77. The Hall–Kier alpha value is -2.57. The third-order valence-corrected chi connectivity index (χ3v) is 2.75. The van der Waals surface area contributed by atoms with Crippen molar-refractivity contribution in [2.75, 3.05) is 19.4 Å². The SMILES string of the molecule is COc1cc(N)ccc1C(=O)NCCc1ncn(C)n1. The molecule has 0 aliphatic rings. The van der Waals surface area contributed by atoms with Crippen molar-refractivity contribution in [3.05, 3.63) is 35.9 Å². The molecule has 1 aromatic carbocycles. The highest BCUT2D eigenvalue weighted by Crippen LogP contribution is 2.21. The lowest BCUT2D eigenvalue weighted by Gasteiger charge is -2.09. The number of hydrogen-bond donors (Lipinski definition) is 2. The molecule has 0 saturated heterocycles. The lowest BCUT2D eigenvalue weighted by Crippen LogP contribution is -2.26. The van der Waals surface area contributed by atoms with Crippen LogP contribution in [0.25, 0.3) is 0 Å². The van der Waals surface area contributed by atoms with Gasteiger partial charge in [-0.3, -0.25) is 9.48 Å². The normalized spacial score (nSPS) is 10.3. The third kappa shape index (κ3) is 3.25. The highest BCUT2D eigenvalue weighted by Gasteiger charge is 2.12. The molecule has 0 radical (unpaired) electrons. The van der Waals surface area contributed by atoms with Crippen LogP contribution in [0, 0.1) is 0 Å². The van der Waals surface area contributed by atoms with Crippen LogP contribution in [-0.4, -0.2) is 34.3 Å². The Bertz CT molecular complexity index is 609. The molecule has 20 heavy (non-hydrogen) atoms. The number of aryl methyl sites for hydroxylation is 1. The van der Waals surface area contributed by atoms with Crippen LogP contribution in [0.2, 0.25) is 0 Å². The van der Waals surface area contributed by atoms with Crippen molar-refractivity contribution in [3.8, 4) is 5.75 Å². The summed E-state index contributed by atoms with van der Waals surface area (Å²) in [4.78, 5) is 16.1. The van der Waals surface area contributed by atoms with Crippen LogP contribution in [-0.2, 0) is 13.5 Å². The first kappa shape index (κ1) is 13.9. The fourth-order valence-electron chi connectivity index (χ4n) is 1.78. The lowest BCUT2D eigenvalue weighted by molar-refractivity contribution is 0.0951. The van der Waals surface area contributed by atoms with Crippen LogP contribution < -0.4 is 15.8 Å². The van der Waals surface area contributed by atoms with Gasteiger partial charge in [0.15, 0.2) is 5.82 Å². The predicted octanol–water partition coefficient (Wildman–Crippen LogP) is 0.378. The molecule has 0 aliphatic heterocycles. The number of nitrogens with zero attached hydrogens (tertiary/aromatic N) is 3. The van der Waals surface area contributed by atoms with E-state index in [9.17, 15) is 4.79 Å². The Morgan fingerprint density at radius 3 is 2.95 bits per heavy atom. The smallest absolute Gasteiger partial charge is 0.255 e. The number of rotatable bonds is 5. The van der Waals surface area contributed by atoms with Gasteiger partial charge in [0, 0.05) is 31.8 Å². The largest absolute Gasteiger partial charge is 0.496 e. The summed E-state index contributed by atoms with van der Waals surface area (Å²) in [5.41, 5.74) is 6.66. The topological polar surface area (TPSA) is 95.1 Å². The number of benzene rings is 1. The first-order valence-electron chi connectivity index (χ1n) is 6.16. The zero-order chi connectivity index (χ0) is 14.5. The van der Waals surface area contributed by atoms with E-state index in [4.69, 9.17) is 10.5 Å². The molecule has 0 fully saturated rings. The Labute approximate surface area is 116 Å². The first-order chi connectivity index (χ1) is 9.60. The zero-order valence-electron chi connectivity index (χ0n) is 11.5. The standard InChI is InChI=1S/C13H17N5O2/c1-18-8-16-12(17-18)5-6-15-13(19)10-4-3-9(14)7-11(10)20-2/h3-4,7-8H,5-6,14H2,1-2H3,(H,15,19). The third-order valence-electron chi connectivity index (χ3n) is 2.75. The summed E-state index contributed by atoms with van der Waals surface area (Å²) in [5, 5.41) is 6.94. The number of nitrogen functional groups attached to an aromatic ring is 1. The van der Waals surface area contributed by atoms with E-state index in [0.29, 0.717) is 35.8 Å². The molecule has 106 valence electrons. The second-order valence-electron chi connectivity index (χ2n) is 4.30. The fraction of sp³-hybridized carbons (Fsp3) is 0.308. The van der Waals surface area contributed by atoms with E-state index in [0.717, 1.165) is 0 Å². The number of nitrogens with one attached hydrogen (secondary N) is 1. The van der Waals surface area contributed by atoms with Gasteiger partial charge in [0.25, 0.3) is 5.91 Å². The van der Waals surface area contributed by atoms with Crippen LogP contribution in [0.5, 0.6) is 5.75 Å². The van der Waals surface area contributed by atoms with Crippen molar-refractivity contribution in [2.45, 2.75) is 6.42 Å². The fourth-order valence-corrected chi connectivity index (χ4v) is 1.78. The van der Waals surface area contributed by atoms with E-state index in [2.05, 4.69) is 15.4 Å². The average Bonchev–Trinajstić information content (AvgIpc) is 2.84. The van der Waals surface area contributed by atoms with Crippen molar-refractivity contribution >= 4 is 11.6 Å². The predicted molar refractivity (Wildman–Crippen MR) is 74.4 cm³/mol. The molecule has 2 rings (SSSR count). The highest BCUT2D eigenvalue weighted by molar-refractivity contribution is 5.97. The van der Waals surface area contributed by atoms with Crippen molar-refractivity contribution in [2.24, 2.45) is 7.05 Å². The minimum Gasteiger partial charge on any atom is -0.496 e. The highest BCUT2D eigenvalue weighted by atomic mass is 16.5.